The maximum atomic E-state index is 12.5. The van der Waals surface area contributed by atoms with Gasteiger partial charge in [0.15, 0.2) is 5.58 Å². The Morgan fingerprint density at radius 2 is 1.97 bits per heavy atom. The van der Waals surface area contributed by atoms with Gasteiger partial charge < -0.3 is 14.8 Å². The predicted molar refractivity (Wildman–Crippen MR) is 107 cm³/mol. The number of amides is 1. The van der Waals surface area contributed by atoms with Crippen molar-refractivity contribution in [2.24, 2.45) is 0 Å². The van der Waals surface area contributed by atoms with E-state index in [1.54, 1.807) is 6.07 Å². The summed E-state index contributed by atoms with van der Waals surface area (Å²) < 4.78 is 5.72. The highest BCUT2D eigenvalue weighted by Crippen LogP contribution is 2.33. The van der Waals surface area contributed by atoms with Crippen molar-refractivity contribution in [3.8, 4) is 17.2 Å². The number of carbonyl (C=O) groups excluding carboxylic acids is 1. The Kier molecular flexibility index (Phi) is 4.44. The number of oxazole rings is 1. The molecule has 0 radical (unpaired) electrons. The molecule has 0 unspecified atom stereocenters. The van der Waals surface area contributed by atoms with Crippen molar-refractivity contribution >= 4 is 28.4 Å². The van der Waals surface area contributed by atoms with Gasteiger partial charge in [-0.15, -0.1) is 0 Å². The second kappa shape index (κ2) is 7.08. The summed E-state index contributed by atoms with van der Waals surface area (Å²) in [6, 6.07) is 15.4. The molecule has 0 atom stereocenters. The first-order chi connectivity index (χ1) is 13.9. The number of aryl methyl sites for hydroxylation is 1. The molecule has 8 nitrogen and oxygen atoms in total. The standard InChI is InChI=1S/C21H15N3O5/c1-12-5-8-19-17(9-12)23-21(29-19)16-11-14(6-7-18(16)25)22-20(26)13-3-2-4-15(10-13)24(27)28/h2-11,25H,1H3,(H,22,26). The summed E-state index contributed by atoms with van der Waals surface area (Å²) in [5.74, 6) is -0.352. The molecule has 0 spiro atoms. The van der Waals surface area contributed by atoms with Crippen LogP contribution in [0.4, 0.5) is 11.4 Å². The zero-order chi connectivity index (χ0) is 20.5. The van der Waals surface area contributed by atoms with E-state index in [0.29, 0.717) is 22.4 Å². The van der Waals surface area contributed by atoms with E-state index >= 15 is 0 Å². The predicted octanol–water partition coefficient (Wildman–Crippen LogP) is 4.67. The Hall–Kier alpha value is -4.20. The van der Waals surface area contributed by atoms with Crippen molar-refractivity contribution in [1.29, 1.82) is 0 Å². The van der Waals surface area contributed by atoms with E-state index in [2.05, 4.69) is 10.3 Å². The van der Waals surface area contributed by atoms with Crippen LogP contribution >= 0.6 is 0 Å². The molecule has 1 heterocycles. The number of anilines is 1. The summed E-state index contributed by atoms with van der Waals surface area (Å²) >= 11 is 0. The first-order valence-electron chi connectivity index (χ1n) is 8.67. The molecule has 29 heavy (non-hydrogen) atoms. The van der Waals surface area contributed by atoms with Gasteiger partial charge in [0.25, 0.3) is 11.6 Å². The molecule has 1 aromatic heterocycles. The highest BCUT2D eigenvalue weighted by atomic mass is 16.6. The molecule has 8 heteroatoms. The molecule has 3 aromatic carbocycles. The van der Waals surface area contributed by atoms with Crippen molar-refractivity contribution in [3.05, 3.63) is 81.9 Å². The van der Waals surface area contributed by atoms with Gasteiger partial charge in [-0.2, -0.15) is 0 Å². The van der Waals surface area contributed by atoms with Crippen molar-refractivity contribution < 1.29 is 19.2 Å². The third-order valence-electron chi connectivity index (χ3n) is 4.35. The van der Waals surface area contributed by atoms with Gasteiger partial charge in [-0.3, -0.25) is 14.9 Å². The molecule has 4 rings (SSSR count). The number of aromatic nitrogens is 1. The van der Waals surface area contributed by atoms with Crippen molar-refractivity contribution in [2.75, 3.05) is 5.32 Å². The van der Waals surface area contributed by atoms with Crippen LogP contribution in [0.5, 0.6) is 5.75 Å². The lowest BCUT2D eigenvalue weighted by Gasteiger charge is -2.08. The number of nitro benzene ring substituents is 1. The van der Waals surface area contributed by atoms with E-state index in [0.717, 1.165) is 5.56 Å². The average molecular weight is 389 g/mol. The summed E-state index contributed by atoms with van der Waals surface area (Å²) in [7, 11) is 0. The fraction of sp³-hybridized carbons (Fsp3) is 0.0476. The molecule has 0 fully saturated rings. The second-order valence-electron chi connectivity index (χ2n) is 6.48. The Labute approximate surface area is 164 Å². The van der Waals surface area contributed by atoms with Gasteiger partial charge in [0.1, 0.15) is 11.3 Å². The fourth-order valence-electron chi connectivity index (χ4n) is 2.90. The van der Waals surface area contributed by atoms with Crippen LogP contribution in [0.15, 0.2) is 65.1 Å². The van der Waals surface area contributed by atoms with E-state index in [9.17, 15) is 20.0 Å². The lowest BCUT2D eigenvalue weighted by molar-refractivity contribution is -0.384. The number of nitro groups is 1. The van der Waals surface area contributed by atoms with Gasteiger partial charge in [0, 0.05) is 23.4 Å². The van der Waals surface area contributed by atoms with Gasteiger partial charge in [0.2, 0.25) is 5.89 Å². The van der Waals surface area contributed by atoms with Crippen LogP contribution in [0.3, 0.4) is 0 Å². The number of non-ortho nitro benzene ring substituents is 1. The number of carbonyl (C=O) groups is 1. The number of hydrogen-bond donors (Lipinski definition) is 2. The van der Waals surface area contributed by atoms with Gasteiger partial charge in [-0.05, 0) is 48.9 Å². The van der Waals surface area contributed by atoms with Crippen LogP contribution in [-0.2, 0) is 0 Å². The Morgan fingerprint density at radius 1 is 1.14 bits per heavy atom. The van der Waals surface area contributed by atoms with E-state index in [1.165, 1.54) is 42.5 Å². The molecule has 1 amide bonds. The van der Waals surface area contributed by atoms with E-state index in [4.69, 9.17) is 4.42 Å². The first-order valence-corrected chi connectivity index (χ1v) is 8.67. The van der Waals surface area contributed by atoms with E-state index in [-0.39, 0.29) is 22.9 Å². The summed E-state index contributed by atoms with van der Waals surface area (Å²) in [5.41, 5.74) is 2.93. The Morgan fingerprint density at radius 3 is 2.76 bits per heavy atom. The third kappa shape index (κ3) is 3.63. The monoisotopic (exact) mass is 389 g/mol. The Bertz CT molecular complexity index is 1260. The maximum Gasteiger partial charge on any atom is 0.270 e. The zero-order valence-electron chi connectivity index (χ0n) is 15.2. The van der Waals surface area contributed by atoms with Crippen LogP contribution in [0.25, 0.3) is 22.6 Å². The summed E-state index contributed by atoms with van der Waals surface area (Å²) in [6.07, 6.45) is 0. The van der Waals surface area contributed by atoms with Crippen molar-refractivity contribution in [3.63, 3.8) is 0 Å². The molecule has 4 aromatic rings. The lowest BCUT2D eigenvalue weighted by Crippen LogP contribution is -2.12. The van der Waals surface area contributed by atoms with Gasteiger partial charge in [-0.1, -0.05) is 12.1 Å². The second-order valence-corrected chi connectivity index (χ2v) is 6.48. The number of phenols is 1. The first kappa shape index (κ1) is 18.2. The quantitative estimate of drug-likeness (QED) is 0.297. The fourth-order valence-corrected chi connectivity index (χ4v) is 2.90. The molecule has 0 aliphatic carbocycles. The SMILES string of the molecule is Cc1ccc2oc(-c3cc(NC(=O)c4cccc([N+](=O)[O-])c4)ccc3O)nc2c1. The summed E-state index contributed by atoms with van der Waals surface area (Å²) in [6.45, 7) is 1.94. The third-order valence-corrected chi connectivity index (χ3v) is 4.35. The van der Waals surface area contributed by atoms with Gasteiger partial charge in [-0.25, -0.2) is 4.98 Å². The number of aromatic hydroxyl groups is 1. The lowest BCUT2D eigenvalue weighted by atomic mass is 10.1. The molecule has 2 N–H and O–H groups in total. The number of nitrogens with one attached hydrogen (secondary N) is 1. The highest BCUT2D eigenvalue weighted by Gasteiger charge is 2.16. The molecule has 0 saturated heterocycles. The molecular weight excluding hydrogens is 374 g/mol. The largest absolute Gasteiger partial charge is 0.507 e. The maximum absolute atomic E-state index is 12.5. The topological polar surface area (TPSA) is 118 Å². The molecule has 0 saturated carbocycles. The van der Waals surface area contributed by atoms with Crippen LogP contribution in [0.2, 0.25) is 0 Å². The van der Waals surface area contributed by atoms with Crippen LogP contribution < -0.4 is 5.32 Å². The molecular formula is C21H15N3O5. The smallest absolute Gasteiger partial charge is 0.270 e. The van der Waals surface area contributed by atoms with Crippen LogP contribution in [0.1, 0.15) is 15.9 Å². The molecule has 144 valence electrons. The van der Waals surface area contributed by atoms with E-state index < -0.39 is 10.8 Å². The van der Waals surface area contributed by atoms with Crippen molar-refractivity contribution in [2.45, 2.75) is 6.92 Å². The number of benzene rings is 3. The summed E-state index contributed by atoms with van der Waals surface area (Å²) in [4.78, 5) is 27.2. The molecule has 0 aliphatic rings. The minimum absolute atomic E-state index is 0.0541. The molecule has 0 bridgehead atoms. The van der Waals surface area contributed by atoms with Crippen LogP contribution in [-0.4, -0.2) is 20.9 Å². The number of phenolic OH excluding ortho intramolecular Hbond substituents is 1. The Balaban J connectivity index is 1.65. The highest BCUT2D eigenvalue weighted by molar-refractivity contribution is 6.05. The van der Waals surface area contributed by atoms with E-state index in [1.807, 2.05) is 19.1 Å². The molecule has 0 aliphatic heterocycles. The normalized spacial score (nSPS) is 10.8. The number of fused-ring (bicyclic) bond motifs is 1. The van der Waals surface area contributed by atoms with Gasteiger partial charge >= 0.3 is 0 Å². The van der Waals surface area contributed by atoms with Crippen molar-refractivity contribution in [1.82, 2.24) is 4.98 Å². The van der Waals surface area contributed by atoms with Gasteiger partial charge in [0.05, 0.1) is 10.5 Å². The number of rotatable bonds is 4. The minimum Gasteiger partial charge on any atom is -0.507 e. The van der Waals surface area contributed by atoms with Crippen LogP contribution in [0, 0.1) is 17.0 Å². The minimum atomic E-state index is -0.565. The zero-order valence-corrected chi connectivity index (χ0v) is 15.2. The number of hydrogen-bond acceptors (Lipinski definition) is 6. The average Bonchev–Trinajstić information content (AvgIpc) is 3.12. The number of nitrogens with zero attached hydrogens (tertiary/aromatic N) is 2. The summed E-state index contributed by atoms with van der Waals surface area (Å²) in [5, 5.41) is 23.8.